The zero-order valence-electron chi connectivity index (χ0n) is 12.0. The lowest BCUT2D eigenvalue weighted by atomic mass is 9.88. The lowest BCUT2D eigenvalue weighted by Crippen LogP contribution is -2.51. The van der Waals surface area contributed by atoms with Crippen molar-refractivity contribution >= 4 is 11.8 Å². The monoisotopic (exact) mass is 279 g/mol. The maximum Gasteiger partial charge on any atom is 0.231 e. The van der Waals surface area contributed by atoms with E-state index in [1.165, 1.54) is 19.3 Å². The van der Waals surface area contributed by atoms with E-state index < -0.39 is 0 Å². The van der Waals surface area contributed by atoms with Crippen LogP contribution in [0.1, 0.15) is 38.5 Å². The van der Waals surface area contributed by atoms with Crippen molar-refractivity contribution in [1.82, 2.24) is 10.2 Å². The van der Waals surface area contributed by atoms with E-state index in [-0.39, 0.29) is 23.8 Å². The molecule has 2 amide bonds. The van der Waals surface area contributed by atoms with Crippen LogP contribution < -0.4 is 11.1 Å². The second-order valence-electron chi connectivity index (χ2n) is 6.83. The maximum absolute atomic E-state index is 12.4. The Morgan fingerprint density at radius 3 is 2.70 bits per heavy atom. The molecule has 1 aliphatic heterocycles. The van der Waals surface area contributed by atoms with E-state index in [1.54, 1.807) is 0 Å². The molecule has 4 atom stereocenters. The SMILES string of the molecule is NC(=O)CN1CCC[C@@H](NC(=O)[C@H]2C[C@H]3CC[C@H]2C3)C1. The molecular weight excluding hydrogens is 254 g/mol. The Kier molecular flexibility index (Phi) is 3.96. The van der Waals surface area contributed by atoms with Crippen LogP contribution in [0.2, 0.25) is 0 Å². The van der Waals surface area contributed by atoms with Gasteiger partial charge in [0, 0.05) is 18.5 Å². The van der Waals surface area contributed by atoms with Gasteiger partial charge in [0.25, 0.3) is 0 Å². The minimum absolute atomic E-state index is 0.190. The molecule has 5 heteroatoms. The van der Waals surface area contributed by atoms with Gasteiger partial charge in [-0.05, 0) is 50.5 Å². The van der Waals surface area contributed by atoms with Crippen LogP contribution in [-0.4, -0.2) is 42.4 Å². The van der Waals surface area contributed by atoms with Crippen molar-refractivity contribution in [3.8, 4) is 0 Å². The third kappa shape index (κ3) is 2.97. The summed E-state index contributed by atoms with van der Waals surface area (Å²) in [5.74, 6) is 1.65. The van der Waals surface area contributed by atoms with Crippen LogP contribution >= 0.6 is 0 Å². The molecule has 3 N–H and O–H groups in total. The van der Waals surface area contributed by atoms with E-state index in [0.717, 1.165) is 38.3 Å². The summed E-state index contributed by atoms with van der Waals surface area (Å²) in [5.41, 5.74) is 5.24. The maximum atomic E-state index is 12.4. The van der Waals surface area contributed by atoms with Crippen molar-refractivity contribution < 1.29 is 9.59 Å². The molecule has 0 unspecified atom stereocenters. The van der Waals surface area contributed by atoms with Gasteiger partial charge in [0.05, 0.1) is 6.54 Å². The van der Waals surface area contributed by atoms with Gasteiger partial charge in [0.2, 0.25) is 11.8 Å². The predicted molar refractivity (Wildman–Crippen MR) is 75.7 cm³/mol. The van der Waals surface area contributed by atoms with Gasteiger partial charge in [-0.1, -0.05) is 6.42 Å². The third-order valence-corrected chi connectivity index (χ3v) is 5.31. The number of likely N-dealkylation sites (tertiary alicyclic amines) is 1. The lowest BCUT2D eigenvalue weighted by molar-refractivity contribution is -0.127. The van der Waals surface area contributed by atoms with E-state index in [2.05, 4.69) is 10.2 Å². The topological polar surface area (TPSA) is 75.4 Å². The molecule has 3 rings (SSSR count). The quantitative estimate of drug-likeness (QED) is 0.786. The highest BCUT2D eigenvalue weighted by molar-refractivity contribution is 5.80. The minimum atomic E-state index is -0.287. The molecule has 1 saturated heterocycles. The normalized spacial score (nSPS) is 37.0. The summed E-state index contributed by atoms with van der Waals surface area (Å²) in [6.07, 6.45) is 6.95. The number of hydrogen-bond acceptors (Lipinski definition) is 3. The number of carbonyl (C=O) groups is 2. The molecule has 3 aliphatic rings. The van der Waals surface area contributed by atoms with Gasteiger partial charge in [0.15, 0.2) is 0 Å². The summed E-state index contributed by atoms with van der Waals surface area (Å²) < 4.78 is 0. The van der Waals surface area contributed by atoms with E-state index in [4.69, 9.17) is 5.73 Å². The molecule has 20 heavy (non-hydrogen) atoms. The van der Waals surface area contributed by atoms with E-state index >= 15 is 0 Å². The van der Waals surface area contributed by atoms with E-state index in [0.29, 0.717) is 12.5 Å². The fourth-order valence-corrected chi connectivity index (χ4v) is 4.41. The summed E-state index contributed by atoms with van der Waals surface area (Å²) in [5, 5.41) is 3.22. The Labute approximate surface area is 120 Å². The molecule has 0 aromatic rings. The number of rotatable bonds is 4. The number of primary amides is 1. The number of nitrogens with zero attached hydrogens (tertiary/aromatic N) is 1. The second kappa shape index (κ2) is 5.72. The first-order chi connectivity index (χ1) is 9.61. The third-order valence-electron chi connectivity index (χ3n) is 5.31. The van der Waals surface area contributed by atoms with Gasteiger partial charge in [-0.2, -0.15) is 0 Å². The Bertz CT molecular complexity index is 399. The van der Waals surface area contributed by atoms with Crippen LogP contribution in [0.4, 0.5) is 0 Å². The van der Waals surface area contributed by atoms with Crippen LogP contribution in [-0.2, 0) is 9.59 Å². The number of nitrogens with two attached hydrogens (primary N) is 1. The lowest BCUT2D eigenvalue weighted by Gasteiger charge is -2.33. The average molecular weight is 279 g/mol. The smallest absolute Gasteiger partial charge is 0.231 e. The summed E-state index contributed by atoms with van der Waals surface area (Å²) in [6, 6.07) is 0.190. The zero-order chi connectivity index (χ0) is 14.1. The van der Waals surface area contributed by atoms with Crippen LogP contribution in [0.3, 0.4) is 0 Å². The number of carbonyl (C=O) groups excluding carboxylic acids is 2. The van der Waals surface area contributed by atoms with Crippen molar-refractivity contribution in [2.45, 2.75) is 44.6 Å². The summed E-state index contributed by atoms with van der Waals surface area (Å²) in [6.45, 7) is 1.97. The van der Waals surface area contributed by atoms with Gasteiger partial charge < -0.3 is 11.1 Å². The van der Waals surface area contributed by atoms with Gasteiger partial charge in [-0.15, -0.1) is 0 Å². The van der Waals surface area contributed by atoms with E-state index in [1.807, 2.05) is 0 Å². The molecule has 5 nitrogen and oxygen atoms in total. The number of nitrogens with one attached hydrogen (secondary N) is 1. The van der Waals surface area contributed by atoms with Crippen molar-refractivity contribution in [1.29, 1.82) is 0 Å². The summed E-state index contributed by atoms with van der Waals surface area (Å²) in [4.78, 5) is 25.4. The largest absolute Gasteiger partial charge is 0.369 e. The predicted octanol–water partition coefficient (Wildman–Crippen LogP) is 0.488. The highest BCUT2D eigenvalue weighted by atomic mass is 16.2. The first-order valence-electron chi connectivity index (χ1n) is 7.93. The second-order valence-corrected chi connectivity index (χ2v) is 6.83. The zero-order valence-corrected chi connectivity index (χ0v) is 12.0. The first-order valence-corrected chi connectivity index (χ1v) is 7.93. The Balaban J connectivity index is 1.49. The standard InChI is InChI=1S/C15H25N3O2/c16-14(19)9-18-5-1-2-12(8-18)17-15(20)13-7-10-3-4-11(13)6-10/h10-13H,1-9H2,(H2,16,19)(H,17,20)/t10-,11-,12+,13-/m0/s1. The van der Waals surface area contributed by atoms with Gasteiger partial charge in [0.1, 0.15) is 0 Å². The molecule has 2 saturated carbocycles. The first kappa shape index (κ1) is 13.9. The van der Waals surface area contributed by atoms with Crippen molar-refractivity contribution in [3.63, 3.8) is 0 Å². The highest BCUT2D eigenvalue weighted by Crippen LogP contribution is 2.48. The van der Waals surface area contributed by atoms with Gasteiger partial charge >= 0.3 is 0 Å². The Morgan fingerprint density at radius 1 is 1.20 bits per heavy atom. The van der Waals surface area contributed by atoms with Crippen LogP contribution in [0.5, 0.6) is 0 Å². The molecule has 1 heterocycles. The molecule has 112 valence electrons. The minimum Gasteiger partial charge on any atom is -0.369 e. The molecule has 3 fully saturated rings. The molecule has 2 aliphatic carbocycles. The molecule has 0 radical (unpaired) electrons. The van der Waals surface area contributed by atoms with Gasteiger partial charge in [-0.25, -0.2) is 0 Å². The molecule has 2 bridgehead atoms. The van der Waals surface area contributed by atoms with Crippen molar-refractivity contribution in [2.24, 2.45) is 23.5 Å². The molecule has 0 aromatic heterocycles. The number of fused-ring (bicyclic) bond motifs is 2. The van der Waals surface area contributed by atoms with Crippen molar-refractivity contribution in [3.05, 3.63) is 0 Å². The fraction of sp³-hybridized carbons (Fsp3) is 0.867. The molecular formula is C15H25N3O2. The van der Waals surface area contributed by atoms with Gasteiger partial charge in [-0.3, -0.25) is 14.5 Å². The number of piperidine rings is 1. The number of hydrogen-bond donors (Lipinski definition) is 2. The summed E-state index contributed by atoms with van der Waals surface area (Å²) in [7, 11) is 0. The van der Waals surface area contributed by atoms with Crippen LogP contribution in [0.15, 0.2) is 0 Å². The highest BCUT2D eigenvalue weighted by Gasteiger charge is 2.43. The van der Waals surface area contributed by atoms with Crippen LogP contribution in [0, 0.1) is 17.8 Å². The average Bonchev–Trinajstić information content (AvgIpc) is 3.00. The van der Waals surface area contributed by atoms with E-state index in [9.17, 15) is 9.59 Å². The summed E-state index contributed by atoms with van der Waals surface area (Å²) >= 11 is 0. The molecule has 0 aromatic carbocycles. The Hall–Kier alpha value is -1.10. The number of amides is 2. The van der Waals surface area contributed by atoms with Crippen molar-refractivity contribution in [2.75, 3.05) is 19.6 Å². The molecule has 0 spiro atoms. The van der Waals surface area contributed by atoms with Crippen LogP contribution in [0.25, 0.3) is 0 Å². The fourth-order valence-electron chi connectivity index (χ4n) is 4.41. The Morgan fingerprint density at radius 2 is 2.05 bits per heavy atom.